The van der Waals surface area contributed by atoms with Gasteiger partial charge in [-0.3, -0.25) is 4.79 Å². The van der Waals surface area contributed by atoms with E-state index in [0.717, 1.165) is 43.5 Å². The second-order valence-corrected chi connectivity index (χ2v) is 12.2. The molecule has 45 heavy (non-hydrogen) atoms. The fraction of sp³-hybridized carbons (Fsp3) is 0.632. The third kappa shape index (κ3) is 16.1. The van der Waals surface area contributed by atoms with Crippen LogP contribution in [0, 0.1) is 0 Å². The number of rotatable bonds is 25. The number of anilines is 1. The topological polar surface area (TPSA) is 64.6 Å². The average Bonchev–Trinajstić information content (AvgIpc) is 3.05. The largest absolute Gasteiger partial charge is 1.00 e. The van der Waals surface area contributed by atoms with Gasteiger partial charge in [0.15, 0.2) is 0 Å². The molecule has 0 heterocycles. The fourth-order valence-corrected chi connectivity index (χ4v) is 5.70. The van der Waals surface area contributed by atoms with E-state index in [1.807, 2.05) is 18.2 Å². The van der Waals surface area contributed by atoms with Gasteiger partial charge < -0.3 is 36.3 Å². The third-order valence-electron chi connectivity index (χ3n) is 8.89. The summed E-state index contributed by atoms with van der Waals surface area (Å²) in [5.41, 5.74) is 1.61. The van der Waals surface area contributed by atoms with E-state index in [-0.39, 0.29) is 28.9 Å². The summed E-state index contributed by atoms with van der Waals surface area (Å²) >= 11 is 0. The summed E-state index contributed by atoms with van der Waals surface area (Å²) in [5, 5.41) is 2.94. The van der Waals surface area contributed by atoms with Gasteiger partial charge in [-0.05, 0) is 69.5 Å². The van der Waals surface area contributed by atoms with Crippen molar-refractivity contribution in [1.82, 2.24) is 0 Å². The first-order valence-corrected chi connectivity index (χ1v) is 17.6. The molecule has 0 unspecified atom stereocenters. The number of hydrogen-bond acceptors (Lipinski definition) is 4. The van der Waals surface area contributed by atoms with Crippen LogP contribution >= 0.6 is 0 Å². The maximum absolute atomic E-state index is 13.0. The SMILES string of the molecule is CCCCCCCCCC[N+](CC)(CC)CCOC(=O)c1ccc(NC(=O)c2ccccc2OCCCCCCCC)cc1.[Br-]. The first-order valence-electron chi connectivity index (χ1n) is 17.6. The van der Waals surface area contributed by atoms with Gasteiger partial charge in [-0.1, -0.05) is 96.6 Å². The summed E-state index contributed by atoms with van der Waals surface area (Å²) in [6.45, 7) is 14.0. The predicted octanol–water partition coefficient (Wildman–Crippen LogP) is 6.84. The predicted molar refractivity (Wildman–Crippen MR) is 184 cm³/mol. The monoisotopic (exact) mass is 688 g/mol. The maximum atomic E-state index is 13.0. The molecule has 254 valence electrons. The van der Waals surface area contributed by atoms with E-state index >= 15 is 0 Å². The molecule has 2 aromatic carbocycles. The summed E-state index contributed by atoms with van der Waals surface area (Å²) in [4.78, 5) is 25.8. The Hall–Kier alpha value is -2.38. The fourth-order valence-electron chi connectivity index (χ4n) is 5.70. The summed E-state index contributed by atoms with van der Waals surface area (Å²) in [5.74, 6) is 0.0344. The zero-order chi connectivity index (χ0) is 31.9. The lowest BCUT2D eigenvalue weighted by molar-refractivity contribution is -0.925. The van der Waals surface area contributed by atoms with Crippen molar-refractivity contribution in [2.45, 2.75) is 118 Å². The van der Waals surface area contributed by atoms with Gasteiger partial charge in [0.05, 0.1) is 37.4 Å². The number of nitrogens with zero attached hydrogens (tertiary/aromatic N) is 1. The lowest BCUT2D eigenvalue weighted by Gasteiger charge is -2.36. The van der Waals surface area contributed by atoms with E-state index in [2.05, 4.69) is 33.0 Å². The van der Waals surface area contributed by atoms with Crippen LogP contribution in [0.1, 0.15) is 138 Å². The number of nitrogens with one attached hydrogen (secondary N) is 1. The second kappa shape index (κ2) is 24.8. The molecule has 1 N–H and O–H groups in total. The number of unbranched alkanes of at least 4 members (excludes halogenated alkanes) is 12. The number of amides is 1. The molecule has 2 rings (SSSR count). The van der Waals surface area contributed by atoms with Crippen LogP contribution in [0.5, 0.6) is 5.75 Å². The molecule has 0 radical (unpaired) electrons. The Morgan fingerprint density at radius 1 is 0.644 bits per heavy atom. The first kappa shape index (κ1) is 40.6. The molecule has 0 atom stereocenters. The molecule has 7 heteroatoms. The van der Waals surface area contributed by atoms with E-state index < -0.39 is 0 Å². The minimum atomic E-state index is -0.325. The van der Waals surface area contributed by atoms with Crippen LogP contribution in [-0.4, -0.2) is 55.8 Å². The lowest BCUT2D eigenvalue weighted by Crippen LogP contribution is -3.00. The summed E-state index contributed by atoms with van der Waals surface area (Å²) in [7, 11) is 0. The zero-order valence-electron chi connectivity index (χ0n) is 28.7. The van der Waals surface area contributed by atoms with Crippen LogP contribution in [-0.2, 0) is 4.74 Å². The van der Waals surface area contributed by atoms with Crippen LogP contribution in [0.15, 0.2) is 48.5 Å². The molecule has 2 aromatic rings. The van der Waals surface area contributed by atoms with Crippen LogP contribution in [0.25, 0.3) is 0 Å². The van der Waals surface area contributed by atoms with Crippen molar-refractivity contribution in [2.24, 2.45) is 0 Å². The van der Waals surface area contributed by atoms with Gasteiger partial charge in [-0.15, -0.1) is 0 Å². The van der Waals surface area contributed by atoms with Crippen LogP contribution in [0.4, 0.5) is 5.69 Å². The Morgan fingerprint density at radius 3 is 1.80 bits per heavy atom. The summed E-state index contributed by atoms with van der Waals surface area (Å²) in [6.07, 6.45) is 17.7. The molecule has 6 nitrogen and oxygen atoms in total. The molecule has 0 aliphatic carbocycles. The number of quaternary nitrogens is 1. The molecule has 0 saturated heterocycles. The van der Waals surface area contributed by atoms with Crippen molar-refractivity contribution in [1.29, 1.82) is 0 Å². The summed E-state index contributed by atoms with van der Waals surface area (Å²) < 4.78 is 12.6. The van der Waals surface area contributed by atoms with Gasteiger partial charge in [0.25, 0.3) is 5.91 Å². The lowest BCUT2D eigenvalue weighted by atomic mass is 10.1. The molecule has 0 spiro atoms. The minimum Gasteiger partial charge on any atom is -1.00 e. The molecular formula is C38H61BrN2O4. The molecule has 0 aliphatic heterocycles. The number of ether oxygens (including phenoxy) is 2. The number of para-hydroxylation sites is 1. The van der Waals surface area contributed by atoms with Gasteiger partial charge >= 0.3 is 5.97 Å². The standard InChI is InChI=1S/C38H60N2O4.BrH/c1-5-9-11-13-15-16-17-21-29-40(7-3,8-4)30-32-44-38(42)33-25-27-34(28-26-33)39-37(41)35-23-19-20-24-36(35)43-31-22-18-14-12-10-6-2;/h19-20,23-28H,5-18,21-22,29-32H2,1-4H3;1H. The summed E-state index contributed by atoms with van der Waals surface area (Å²) in [6, 6.07) is 14.2. The first-order chi connectivity index (χ1) is 21.5. The van der Waals surface area contributed by atoms with Gasteiger partial charge in [-0.2, -0.15) is 0 Å². The Kier molecular flexibility index (Phi) is 22.4. The van der Waals surface area contributed by atoms with Crippen molar-refractivity contribution < 1.29 is 40.5 Å². The van der Waals surface area contributed by atoms with E-state index in [1.165, 1.54) is 77.0 Å². The highest BCUT2D eigenvalue weighted by Gasteiger charge is 2.23. The van der Waals surface area contributed by atoms with Crippen LogP contribution in [0.3, 0.4) is 0 Å². The highest BCUT2D eigenvalue weighted by molar-refractivity contribution is 6.06. The number of hydrogen-bond donors (Lipinski definition) is 1. The third-order valence-corrected chi connectivity index (χ3v) is 8.89. The number of halogens is 1. The van der Waals surface area contributed by atoms with E-state index in [1.54, 1.807) is 30.3 Å². The highest BCUT2D eigenvalue weighted by Crippen LogP contribution is 2.21. The van der Waals surface area contributed by atoms with Crippen molar-refractivity contribution in [3.05, 3.63) is 59.7 Å². The van der Waals surface area contributed by atoms with Crippen molar-refractivity contribution in [3.63, 3.8) is 0 Å². The Morgan fingerprint density at radius 2 is 1.20 bits per heavy atom. The van der Waals surface area contributed by atoms with Gasteiger partial charge in [0.2, 0.25) is 0 Å². The van der Waals surface area contributed by atoms with Crippen LogP contribution in [0.2, 0.25) is 0 Å². The molecule has 0 aromatic heterocycles. The Bertz CT molecular complexity index is 1060. The van der Waals surface area contributed by atoms with E-state index in [0.29, 0.717) is 35.8 Å². The van der Waals surface area contributed by atoms with E-state index in [9.17, 15) is 9.59 Å². The zero-order valence-corrected chi connectivity index (χ0v) is 30.3. The highest BCUT2D eigenvalue weighted by atomic mass is 79.9. The molecule has 1 amide bonds. The molecule has 0 bridgehead atoms. The number of esters is 1. The van der Waals surface area contributed by atoms with Crippen LogP contribution < -0.4 is 27.0 Å². The number of likely N-dealkylation sites (N-methyl/N-ethyl adjacent to an activating group) is 1. The minimum absolute atomic E-state index is 0. The maximum Gasteiger partial charge on any atom is 0.338 e. The Balaban J connectivity index is 0.0000101. The molecule has 0 aliphatic rings. The van der Waals surface area contributed by atoms with Gasteiger partial charge in [-0.25, -0.2) is 4.79 Å². The quantitative estimate of drug-likeness (QED) is 0.0705. The normalized spacial score (nSPS) is 11.1. The molecule has 0 saturated carbocycles. The van der Waals surface area contributed by atoms with Crippen molar-refractivity contribution in [2.75, 3.05) is 44.7 Å². The van der Waals surface area contributed by atoms with Gasteiger partial charge in [0, 0.05) is 5.69 Å². The number of carbonyl (C=O) groups is 2. The van der Waals surface area contributed by atoms with Crippen molar-refractivity contribution in [3.8, 4) is 5.75 Å². The molecular weight excluding hydrogens is 628 g/mol. The molecule has 0 fully saturated rings. The van der Waals surface area contributed by atoms with Crippen molar-refractivity contribution >= 4 is 17.6 Å². The smallest absolute Gasteiger partial charge is 0.338 e. The van der Waals surface area contributed by atoms with E-state index in [4.69, 9.17) is 9.47 Å². The van der Waals surface area contributed by atoms with Gasteiger partial charge in [0.1, 0.15) is 18.9 Å². The second-order valence-electron chi connectivity index (χ2n) is 12.2. The average molecular weight is 690 g/mol. The number of carbonyl (C=O) groups excluding carboxylic acids is 2. The Labute approximate surface area is 285 Å². The number of benzene rings is 2.